The number of nitrogens with zero attached hydrogens (tertiary/aromatic N) is 1. The molecule has 0 aliphatic heterocycles. The van der Waals surface area contributed by atoms with Crippen LogP contribution in [-0.4, -0.2) is 23.6 Å². The second kappa shape index (κ2) is 6.18. The Morgan fingerprint density at radius 1 is 1.69 bits per heavy atom. The molecule has 0 spiro atoms. The molecule has 1 amide bonds. The van der Waals surface area contributed by atoms with Crippen LogP contribution in [0.4, 0.5) is 5.82 Å². The lowest BCUT2D eigenvalue weighted by Gasteiger charge is -2.09. The van der Waals surface area contributed by atoms with E-state index >= 15 is 0 Å². The highest BCUT2D eigenvalue weighted by molar-refractivity contribution is 9.10. The normalized spacial score (nSPS) is 10.6. The summed E-state index contributed by atoms with van der Waals surface area (Å²) in [6.45, 7) is 3.71. The summed E-state index contributed by atoms with van der Waals surface area (Å²) in [5, 5.41) is 2.94. The Kier molecular flexibility index (Phi) is 5.18. The third-order valence-electron chi connectivity index (χ3n) is 1.65. The molecule has 16 heavy (non-hydrogen) atoms. The van der Waals surface area contributed by atoms with E-state index in [0.717, 1.165) is 0 Å². The molecule has 88 valence electrons. The largest absolute Gasteiger partial charge is 0.369 e. The quantitative estimate of drug-likeness (QED) is 0.930. The number of ether oxygens (including phenoxy) is 1. The first-order valence-corrected chi connectivity index (χ1v) is 5.89. The van der Waals surface area contributed by atoms with Crippen molar-refractivity contribution in [1.82, 2.24) is 4.98 Å². The first-order valence-electron chi connectivity index (χ1n) is 4.72. The number of rotatable bonds is 4. The highest BCUT2D eigenvalue weighted by Crippen LogP contribution is 2.27. The first kappa shape index (κ1) is 13.4. The molecular weight excluding hydrogens is 295 g/mol. The maximum atomic E-state index is 11.4. The molecule has 0 bridgehead atoms. The fourth-order valence-corrected chi connectivity index (χ4v) is 1.38. The summed E-state index contributed by atoms with van der Waals surface area (Å²) in [5.74, 6) is 0.0506. The molecule has 0 aliphatic carbocycles. The zero-order valence-corrected chi connectivity index (χ0v) is 11.3. The van der Waals surface area contributed by atoms with E-state index in [1.165, 1.54) is 0 Å². The van der Waals surface area contributed by atoms with E-state index in [9.17, 15) is 4.79 Å². The molecule has 0 radical (unpaired) electrons. The van der Waals surface area contributed by atoms with Gasteiger partial charge in [0.1, 0.15) is 6.61 Å². The maximum Gasteiger partial charge on any atom is 0.251 e. The van der Waals surface area contributed by atoms with Crippen molar-refractivity contribution in [1.29, 1.82) is 0 Å². The van der Waals surface area contributed by atoms with Gasteiger partial charge in [-0.1, -0.05) is 11.6 Å². The van der Waals surface area contributed by atoms with E-state index in [4.69, 9.17) is 16.3 Å². The van der Waals surface area contributed by atoms with Crippen LogP contribution >= 0.6 is 27.5 Å². The van der Waals surface area contributed by atoms with Crippen molar-refractivity contribution < 1.29 is 9.53 Å². The number of aromatic nitrogens is 1. The van der Waals surface area contributed by atoms with Gasteiger partial charge in [-0.05, 0) is 35.8 Å². The topological polar surface area (TPSA) is 51.2 Å². The molecule has 1 aromatic rings. The van der Waals surface area contributed by atoms with E-state index < -0.39 is 0 Å². The molecule has 1 heterocycles. The number of amides is 1. The van der Waals surface area contributed by atoms with Gasteiger partial charge in [-0.2, -0.15) is 0 Å². The standard InChI is InChI=1S/C10H12BrClN2O2/c1-6(2)16-5-8(15)14-10-9(12)7(11)3-4-13-10/h3-4,6H,5H2,1-2H3,(H,13,14,15). The molecule has 0 aliphatic rings. The second-order valence-electron chi connectivity index (χ2n) is 3.36. The van der Waals surface area contributed by atoms with Crippen molar-refractivity contribution in [3.63, 3.8) is 0 Å². The summed E-state index contributed by atoms with van der Waals surface area (Å²) in [6.07, 6.45) is 1.56. The van der Waals surface area contributed by atoms with Gasteiger partial charge in [-0.3, -0.25) is 4.79 Å². The Morgan fingerprint density at radius 2 is 2.38 bits per heavy atom. The highest BCUT2D eigenvalue weighted by Gasteiger charge is 2.09. The van der Waals surface area contributed by atoms with Crippen molar-refractivity contribution in [3.05, 3.63) is 21.8 Å². The fraction of sp³-hybridized carbons (Fsp3) is 0.400. The number of carbonyl (C=O) groups is 1. The molecule has 0 saturated heterocycles. The number of anilines is 1. The third kappa shape index (κ3) is 4.08. The summed E-state index contributed by atoms with van der Waals surface area (Å²) in [5.41, 5.74) is 0. The number of nitrogens with one attached hydrogen (secondary N) is 1. The molecular formula is C10H12BrClN2O2. The minimum Gasteiger partial charge on any atom is -0.369 e. The smallest absolute Gasteiger partial charge is 0.251 e. The number of carbonyl (C=O) groups excluding carboxylic acids is 1. The first-order chi connectivity index (χ1) is 7.50. The van der Waals surface area contributed by atoms with Crippen molar-refractivity contribution in [2.75, 3.05) is 11.9 Å². The zero-order valence-electron chi connectivity index (χ0n) is 8.96. The van der Waals surface area contributed by atoms with Gasteiger partial charge in [0.2, 0.25) is 0 Å². The van der Waals surface area contributed by atoms with Gasteiger partial charge in [-0.25, -0.2) is 4.98 Å². The van der Waals surface area contributed by atoms with Crippen molar-refractivity contribution in [2.45, 2.75) is 20.0 Å². The molecule has 0 fully saturated rings. The monoisotopic (exact) mass is 306 g/mol. The van der Waals surface area contributed by atoms with Crippen molar-refractivity contribution in [3.8, 4) is 0 Å². The lowest BCUT2D eigenvalue weighted by atomic mass is 10.4. The Labute approximate surface area is 107 Å². The zero-order chi connectivity index (χ0) is 12.1. The van der Waals surface area contributed by atoms with Gasteiger partial charge in [-0.15, -0.1) is 0 Å². The van der Waals surface area contributed by atoms with Crippen LogP contribution < -0.4 is 5.32 Å². The number of pyridine rings is 1. The van der Waals surface area contributed by atoms with E-state index in [0.29, 0.717) is 15.3 Å². The van der Waals surface area contributed by atoms with Crippen LogP contribution in [0, 0.1) is 0 Å². The Morgan fingerprint density at radius 3 is 3.00 bits per heavy atom. The van der Waals surface area contributed by atoms with Gasteiger partial charge < -0.3 is 10.1 Å². The predicted molar refractivity (Wildman–Crippen MR) is 66.7 cm³/mol. The summed E-state index contributed by atoms with van der Waals surface area (Å²) >= 11 is 9.18. The van der Waals surface area contributed by atoms with Gasteiger partial charge in [0.25, 0.3) is 5.91 Å². The number of hydrogen-bond acceptors (Lipinski definition) is 3. The molecule has 6 heteroatoms. The maximum absolute atomic E-state index is 11.4. The Balaban J connectivity index is 2.59. The lowest BCUT2D eigenvalue weighted by molar-refractivity contribution is -0.121. The summed E-state index contributed by atoms with van der Waals surface area (Å²) in [7, 11) is 0. The molecule has 0 saturated carbocycles. The van der Waals surface area contributed by atoms with E-state index in [2.05, 4.69) is 26.2 Å². The van der Waals surface area contributed by atoms with Gasteiger partial charge >= 0.3 is 0 Å². The molecule has 4 nitrogen and oxygen atoms in total. The summed E-state index contributed by atoms with van der Waals surface area (Å²) in [6, 6.07) is 1.70. The van der Waals surface area contributed by atoms with E-state index in [1.807, 2.05) is 13.8 Å². The molecule has 0 atom stereocenters. The lowest BCUT2D eigenvalue weighted by Crippen LogP contribution is -2.21. The molecule has 1 rings (SSSR count). The van der Waals surface area contributed by atoms with Gasteiger partial charge in [0.15, 0.2) is 5.82 Å². The molecule has 0 aromatic carbocycles. The minimum atomic E-state index is -0.277. The number of halogens is 2. The third-order valence-corrected chi connectivity index (χ3v) is 2.92. The van der Waals surface area contributed by atoms with Crippen molar-refractivity contribution >= 4 is 39.3 Å². The van der Waals surface area contributed by atoms with Crippen LogP contribution in [0.25, 0.3) is 0 Å². The van der Waals surface area contributed by atoms with Crippen LogP contribution in [0.5, 0.6) is 0 Å². The van der Waals surface area contributed by atoms with Crippen LogP contribution in [-0.2, 0) is 9.53 Å². The van der Waals surface area contributed by atoms with Gasteiger partial charge in [0, 0.05) is 10.7 Å². The highest BCUT2D eigenvalue weighted by atomic mass is 79.9. The fourth-order valence-electron chi connectivity index (χ4n) is 0.918. The molecule has 0 unspecified atom stereocenters. The average Bonchev–Trinajstić information content (AvgIpc) is 2.22. The van der Waals surface area contributed by atoms with Crippen LogP contribution in [0.3, 0.4) is 0 Å². The Hall–Kier alpha value is -0.650. The molecule has 1 aromatic heterocycles. The van der Waals surface area contributed by atoms with Crippen LogP contribution in [0.15, 0.2) is 16.7 Å². The summed E-state index contributed by atoms with van der Waals surface area (Å²) < 4.78 is 5.84. The molecule has 1 N–H and O–H groups in total. The van der Waals surface area contributed by atoms with Crippen molar-refractivity contribution in [2.24, 2.45) is 0 Å². The van der Waals surface area contributed by atoms with E-state index in [1.54, 1.807) is 12.3 Å². The second-order valence-corrected chi connectivity index (χ2v) is 4.60. The predicted octanol–water partition coefficient (Wildman–Crippen LogP) is 2.86. The number of hydrogen-bond donors (Lipinski definition) is 1. The minimum absolute atomic E-state index is 0.0108. The van der Waals surface area contributed by atoms with Crippen LogP contribution in [0.2, 0.25) is 5.02 Å². The van der Waals surface area contributed by atoms with E-state index in [-0.39, 0.29) is 18.6 Å². The average molecular weight is 308 g/mol. The van der Waals surface area contributed by atoms with Crippen LogP contribution in [0.1, 0.15) is 13.8 Å². The Bertz CT molecular complexity index is 385. The SMILES string of the molecule is CC(C)OCC(=O)Nc1nccc(Br)c1Cl. The summed E-state index contributed by atoms with van der Waals surface area (Å²) in [4.78, 5) is 15.4. The van der Waals surface area contributed by atoms with Gasteiger partial charge in [0.05, 0.1) is 11.1 Å².